The van der Waals surface area contributed by atoms with Crippen LogP contribution in [0.1, 0.15) is 10.4 Å². The van der Waals surface area contributed by atoms with Crippen molar-refractivity contribution in [2.45, 2.75) is 6.10 Å². The van der Waals surface area contributed by atoms with Gasteiger partial charge in [-0.15, -0.1) is 0 Å². The smallest absolute Gasteiger partial charge is 0.251 e. The van der Waals surface area contributed by atoms with Crippen LogP contribution in [0.3, 0.4) is 0 Å². The summed E-state index contributed by atoms with van der Waals surface area (Å²) in [5.41, 5.74) is 0.454. The SMILES string of the molecule is O=C(NCC1CNCCO1)c1ccc(F)cc1. The molecule has 1 aromatic carbocycles. The van der Waals surface area contributed by atoms with Crippen LogP contribution in [0.5, 0.6) is 0 Å². The Kier molecular flexibility index (Phi) is 4.06. The summed E-state index contributed by atoms with van der Waals surface area (Å²) in [6, 6.07) is 5.47. The summed E-state index contributed by atoms with van der Waals surface area (Å²) in [6.45, 7) is 2.71. The van der Waals surface area contributed by atoms with Crippen molar-refractivity contribution in [3.05, 3.63) is 35.6 Å². The number of rotatable bonds is 3. The Morgan fingerprint density at radius 2 is 2.24 bits per heavy atom. The van der Waals surface area contributed by atoms with Crippen molar-refractivity contribution in [2.24, 2.45) is 0 Å². The molecule has 2 rings (SSSR count). The lowest BCUT2D eigenvalue weighted by Gasteiger charge is -2.23. The minimum Gasteiger partial charge on any atom is -0.374 e. The van der Waals surface area contributed by atoms with E-state index in [9.17, 15) is 9.18 Å². The molecule has 0 saturated carbocycles. The largest absolute Gasteiger partial charge is 0.374 e. The van der Waals surface area contributed by atoms with Crippen LogP contribution in [0, 0.1) is 5.82 Å². The standard InChI is InChI=1S/C12H15FN2O2/c13-10-3-1-9(2-4-10)12(16)15-8-11-7-14-5-6-17-11/h1-4,11,14H,5-8H2,(H,15,16). The Labute approximate surface area is 99.2 Å². The van der Waals surface area contributed by atoms with E-state index in [0.717, 1.165) is 13.1 Å². The molecule has 0 bridgehead atoms. The molecule has 5 heteroatoms. The Morgan fingerprint density at radius 1 is 1.47 bits per heavy atom. The number of carbonyl (C=O) groups is 1. The zero-order valence-corrected chi connectivity index (χ0v) is 9.41. The van der Waals surface area contributed by atoms with E-state index >= 15 is 0 Å². The van der Waals surface area contributed by atoms with E-state index in [0.29, 0.717) is 18.7 Å². The summed E-state index contributed by atoms with van der Waals surface area (Å²) in [7, 11) is 0. The van der Waals surface area contributed by atoms with Crippen molar-refractivity contribution >= 4 is 5.91 Å². The van der Waals surface area contributed by atoms with E-state index in [4.69, 9.17) is 4.74 Å². The molecule has 0 aromatic heterocycles. The number of halogens is 1. The predicted octanol–water partition coefficient (Wildman–Crippen LogP) is 0.544. The van der Waals surface area contributed by atoms with E-state index in [-0.39, 0.29) is 17.8 Å². The van der Waals surface area contributed by atoms with Crippen LogP contribution in [0.15, 0.2) is 24.3 Å². The first-order valence-corrected chi connectivity index (χ1v) is 5.62. The number of benzene rings is 1. The van der Waals surface area contributed by atoms with Crippen molar-refractivity contribution in [3.63, 3.8) is 0 Å². The zero-order chi connectivity index (χ0) is 12.1. The second-order valence-corrected chi connectivity index (χ2v) is 3.91. The maximum atomic E-state index is 12.7. The highest BCUT2D eigenvalue weighted by molar-refractivity contribution is 5.94. The molecule has 4 nitrogen and oxygen atoms in total. The van der Waals surface area contributed by atoms with Gasteiger partial charge in [-0.2, -0.15) is 0 Å². The van der Waals surface area contributed by atoms with E-state index in [1.807, 2.05) is 0 Å². The molecule has 1 saturated heterocycles. The molecule has 17 heavy (non-hydrogen) atoms. The second kappa shape index (κ2) is 5.75. The number of amides is 1. The highest BCUT2D eigenvalue weighted by atomic mass is 19.1. The number of morpholine rings is 1. The monoisotopic (exact) mass is 238 g/mol. The molecule has 0 spiro atoms. The fraction of sp³-hybridized carbons (Fsp3) is 0.417. The van der Waals surface area contributed by atoms with Gasteiger partial charge in [-0.3, -0.25) is 4.79 Å². The van der Waals surface area contributed by atoms with Crippen LogP contribution in [-0.4, -0.2) is 38.3 Å². The number of hydrogen-bond donors (Lipinski definition) is 2. The van der Waals surface area contributed by atoms with Gasteiger partial charge in [-0.25, -0.2) is 4.39 Å². The third kappa shape index (κ3) is 3.51. The van der Waals surface area contributed by atoms with Gasteiger partial charge in [-0.1, -0.05) is 0 Å². The lowest BCUT2D eigenvalue weighted by atomic mass is 10.2. The molecule has 1 fully saturated rings. The van der Waals surface area contributed by atoms with Gasteiger partial charge in [0.25, 0.3) is 5.91 Å². The quantitative estimate of drug-likeness (QED) is 0.808. The minimum absolute atomic E-state index is 0.00754. The first-order valence-electron chi connectivity index (χ1n) is 5.62. The van der Waals surface area contributed by atoms with Gasteiger partial charge in [0.1, 0.15) is 5.82 Å². The molecule has 1 unspecified atom stereocenters. The number of nitrogens with one attached hydrogen (secondary N) is 2. The molecule has 92 valence electrons. The highest BCUT2D eigenvalue weighted by Gasteiger charge is 2.14. The summed E-state index contributed by atoms with van der Waals surface area (Å²) < 4.78 is 18.1. The van der Waals surface area contributed by atoms with Gasteiger partial charge >= 0.3 is 0 Å². The summed E-state index contributed by atoms with van der Waals surface area (Å²) in [6.07, 6.45) is 0.00754. The Balaban J connectivity index is 1.82. The number of carbonyl (C=O) groups excluding carboxylic acids is 1. The van der Waals surface area contributed by atoms with Gasteiger partial charge in [0, 0.05) is 25.2 Å². The van der Waals surface area contributed by atoms with Crippen LogP contribution in [0.2, 0.25) is 0 Å². The maximum absolute atomic E-state index is 12.7. The zero-order valence-electron chi connectivity index (χ0n) is 9.41. The highest BCUT2D eigenvalue weighted by Crippen LogP contribution is 2.02. The first kappa shape index (κ1) is 12.0. The molecular formula is C12H15FN2O2. The van der Waals surface area contributed by atoms with Crippen LogP contribution >= 0.6 is 0 Å². The van der Waals surface area contributed by atoms with Gasteiger partial charge in [0.2, 0.25) is 0 Å². The van der Waals surface area contributed by atoms with Gasteiger partial charge in [0.05, 0.1) is 12.7 Å². The minimum atomic E-state index is -0.346. The van der Waals surface area contributed by atoms with Crippen LogP contribution < -0.4 is 10.6 Å². The van der Waals surface area contributed by atoms with Gasteiger partial charge in [0.15, 0.2) is 0 Å². The Bertz CT molecular complexity index is 375. The molecule has 0 aliphatic carbocycles. The number of ether oxygens (including phenoxy) is 1. The molecule has 1 aliphatic heterocycles. The number of hydrogen-bond acceptors (Lipinski definition) is 3. The Morgan fingerprint density at radius 3 is 2.88 bits per heavy atom. The molecule has 1 aliphatic rings. The normalized spacial score (nSPS) is 19.9. The summed E-state index contributed by atoms with van der Waals surface area (Å²) >= 11 is 0. The first-order chi connectivity index (χ1) is 8.25. The lowest BCUT2D eigenvalue weighted by Crippen LogP contribution is -2.45. The third-order valence-corrected chi connectivity index (χ3v) is 2.60. The van der Waals surface area contributed by atoms with Crippen LogP contribution in [0.4, 0.5) is 4.39 Å². The average Bonchev–Trinajstić information content (AvgIpc) is 2.38. The maximum Gasteiger partial charge on any atom is 0.251 e. The summed E-state index contributed by atoms with van der Waals surface area (Å²) in [4.78, 5) is 11.7. The summed E-state index contributed by atoms with van der Waals surface area (Å²) in [5.74, 6) is -0.555. The molecule has 2 N–H and O–H groups in total. The van der Waals surface area contributed by atoms with Crippen molar-refractivity contribution in [3.8, 4) is 0 Å². The lowest BCUT2D eigenvalue weighted by molar-refractivity contribution is 0.0287. The Hall–Kier alpha value is -1.46. The van der Waals surface area contributed by atoms with Crippen molar-refractivity contribution in [1.82, 2.24) is 10.6 Å². The third-order valence-electron chi connectivity index (χ3n) is 2.60. The van der Waals surface area contributed by atoms with E-state index in [1.54, 1.807) is 0 Å². The fourth-order valence-electron chi connectivity index (χ4n) is 1.66. The van der Waals surface area contributed by atoms with Crippen molar-refractivity contribution < 1.29 is 13.9 Å². The topological polar surface area (TPSA) is 50.4 Å². The molecular weight excluding hydrogens is 223 g/mol. The molecule has 0 radical (unpaired) electrons. The molecule has 1 heterocycles. The predicted molar refractivity (Wildman–Crippen MR) is 61.3 cm³/mol. The molecule has 1 atom stereocenters. The van der Waals surface area contributed by atoms with Crippen molar-refractivity contribution in [2.75, 3.05) is 26.2 Å². The van der Waals surface area contributed by atoms with E-state index in [2.05, 4.69) is 10.6 Å². The molecule has 1 amide bonds. The van der Waals surface area contributed by atoms with Gasteiger partial charge < -0.3 is 15.4 Å². The van der Waals surface area contributed by atoms with Crippen LogP contribution in [-0.2, 0) is 4.74 Å². The summed E-state index contributed by atoms with van der Waals surface area (Å²) in [5, 5.41) is 5.94. The fourth-order valence-corrected chi connectivity index (χ4v) is 1.66. The van der Waals surface area contributed by atoms with E-state index < -0.39 is 0 Å². The van der Waals surface area contributed by atoms with Crippen molar-refractivity contribution in [1.29, 1.82) is 0 Å². The second-order valence-electron chi connectivity index (χ2n) is 3.91. The average molecular weight is 238 g/mol. The van der Waals surface area contributed by atoms with Gasteiger partial charge in [-0.05, 0) is 24.3 Å². The molecule has 1 aromatic rings. The van der Waals surface area contributed by atoms with E-state index in [1.165, 1.54) is 24.3 Å². The van der Waals surface area contributed by atoms with Crippen LogP contribution in [0.25, 0.3) is 0 Å².